The fourth-order valence-corrected chi connectivity index (χ4v) is 2.66. The molecule has 2 heterocycles. The van der Waals surface area contributed by atoms with E-state index < -0.39 is 0 Å². The number of thiophene rings is 1. The minimum atomic E-state index is 0.125. The summed E-state index contributed by atoms with van der Waals surface area (Å²) < 4.78 is 3.82. The van der Waals surface area contributed by atoms with Crippen molar-refractivity contribution in [2.45, 2.75) is 19.8 Å². The highest BCUT2D eigenvalue weighted by Gasteiger charge is 2.15. The van der Waals surface area contributed by atoms with E-state index in [1.54, 1.807) is 11.3 Å². The molecule has 15 heavy (non-hydrogen) atoms. The van der Waals surface area contributed by atoms with Crippen LogP contribution in [0.25, 0.3) is 0 Å². The molecule has 0 bridgehead atoms. The Hall–Kier alpha value is -1.07. The molecule has 0 N–H and O–H groups in total. The van der Waals surface area contributed by atoms with Crippen molar-refractivity contribution in [2.75, 3.05) is 0 Å². The van der Waals surface area contributed by atoms with Crippen LogP contribution in [0.3, 0.4) is 0 Å². The second kappa shape index (κ2) is 4.63. The Morgan fingerprint density at radius 1 is 1.53 bits per heavy atom. The van der Waals surface area contributed by atoms with Crippen LogP contribution < -0.4 is 0 Å². The molecule has 78 valence electrons. The largest absolute Gasteiger partial charge is 0.293 e. The number of aromatic nitrogens is 2. The van der Waals surface area contributed by atoms with Crippen LogP contribution in [-0.4, -0.2) is 15.4 Å². The van der Waals surface area contributed by atoms with Gasteiger partial charge in [-0.3, -0.25) is 4.79 Å². The van der Waals surface area contributed by atoms with E-state index in [2.05, 4.69) is 9.59 Å². The van der Waals surface area contributed by atoms with Gasteiger partial charge < -0.3 is 0 Å². The Bertz CT molecular complexity index is 448. The molecule has 0 aliphatic rings. The molecular weight excluding hydrogens is 228 g/mol. The predicted octanol–water partition coefficient (Wildman–Crippen LogP) is 2.59. The Kier molecular flexibility index (Phi) is 3.23. The molecule has 2 aromatic heterocycles. The summed E-state index contributed by atoms with van der Waals surface area (Å²) in [6.07, 6.45) is 1.22. The highest BCUT2D eigenvalue weighted by atomic mass is 32.1. The zero-order chi connectivity index (χ0) is 10.7. The summed E-state index contributed by atoms with van der Waals surface area (Å²) in [5, 5.41) is 7.91. The Balaban J connectivity index is 2.15. The number of carbonyl (C=O) groups excluding carboxylic acids is 1. The minimum absolute atomic E-state index is 0.125. The molecule has 2 aromatic rings. The number of aryl methyl sites for hydroxylation is 1. The summed E-state index contributed by atoms with van der Waals surface area (Å²) in [5.41, 5.74) is 1.89. The van der Waals surface area contributed by atoms with Gasteiger partial charge in [0.2, 0.25) is 0 Å². The minimum Gasteiger partial charge on any atom is -0.293 e. The first-order valence-corrected chi connectivity index (χ1v) is 6.38. The SMILES string of the molecule is CCc1nnsc1C(=O)Cc1ccsc1. The average Bonchev–Trinajstić information content (AvgIpc) is 2.86. The van der Waals surface area contributed by atoms with Gasteiger partial charge in [-0.25, -0.2) is 0 Å². The molecule has 0 amide bonds. The van der Waals surface area contributed by atoms with Gasteiger partial charge in [-0.15, -0.1) is 5.10 Å². The zero-order valence-electron chi connectivity index (χ0n) is 8.27. The normalized spacial score (nSPS) is 10.5. The Morgan fingerprint density at radius 3 is 3.07 bits per heavy atom. The summed E-state index contributed by atoms with van der Waals surface area (Å²) in [6.45, 7) is 1.98. The van der Waals surface area contributed by atoms with Crippen LogP contribution in [0.2, 0.25) is 0 Å². The molecule has 0 unspecified atom stereocenters. The van der Waals surface area contributed by atoms with E-state index in [9.17, 15) is 4.79 Å². The number of nitrogens with zero attached hydrogens (tertiary/aromatic N) is 2. The zero-order valence-corrected chi connectivity index (χ0v) is 9.90. The van der Waals surface area contributed by atoms with Crippen molar-refractivity contribution in [2.24, 2.45) is 0 Å². The smallest absolute Gasteiger partial charge is 0.180 e. The van der Waals surface area contributed by atoms with E-state index in [4.69, 9.17) is 0 Å². The number of Topliss-reactive ketones (excluding diaryl/α,β-unsaturated/α-hetero) is 1. The third-order valence-electron chi connectivity index (χ3n) is 2.09. The van der Waals surface area contributed by atoms with Gasteiger partial charge in [0.05, 0.1) is 5.69 Å². The average molecular weight is 238 g/mol. The fourth-order valence-electron chi connectivity index (χ4n) is 1.31. The van der Waals surface area contributed by atoms with Crippen LogP contribution >= 0.6 is 22.9 Å². The van der Waals surface area contributed by atoms with Gasteiger partial charge in [-0.2, -0.15) is 11.3 Å². The van der Waals surface area contributed by atoms with Crippen LogP contribution in [0, 0.1) is 0 Å². The number of ketones is 1. The maximum Gasteiger partial charge on any atom is 0.180 e. The van der Waals surface area contributed by atoms with E-state index in [-0.39, 0.29) is 5.78 Å². The molecule has 0 saturated carbocycles. The van der Waals surface area contributed by atoms with E-state index in [1.165, 1.54) is 11.5 Å². The van der Waals surface area contributed by atoms with Crippen molar-refractivity contribution in [3.05, 3.63) is 33.0 Å². The molecule has 0 spiro atoms. The predicted molar refractivity (Wildman–Crippen MR) is 61.6 cm³/mol. The van der Waals surface area contributed by atoms with Gasteiger partial charge >= 0.3 is 0 Å². The fraction of sp³-hybridized carbons (Fsp3) is 0.300. The van der Waals surface area contributed by atoms with Crippen molar-refractivity contribution in [1.82, 2.24) is 9.59 Å². The lowest BCUT2D eigenvalue weighted by molar-refractivity contribution is 0.0996. The van der Waals surface area contributed by atoms with Gasteiger partial charge in [0, 0.05) is 6.42 Å². The maximum absolute atomic E-state index is 11.9. The third-order valence-corrected chi connectivity index (χ3v) is 3.63. The molecule has 0 aliphatic heterocycles. The highest BCUT2D eigenvalue weighted by Crippen LogP contribution is 2.16. The molecule has 2 rings (SSSR count). The van der Waals surface area contributed by atoms with Crippen LogP contribution in [0.5, 0.6) is 0 Å². The summed E-state index contributed by atoms with van der Waals surface area (Å²) in [5.74, 6) is 0.125. The van der Waals surface area contributed by atoms with Gasteiger partial charge in [-0.1, -0.05) is 11.4 Å². The standard InChI is InChI=1S/C10H10N2OS2/c1-2-8-10(15-12-11-8)9(13)5-7-3-4-14-6-7/h3-4,6H,2,5H2,1H3. The van der Waals surface area contributed by atoms with Gasteiger partial charge in [0.25, 0.3) is 0 Å². The van der Waals surface area contributed by atoms with Crippen LogP contribution in [0.4, 0.5) is 0 Å². The lowest BCUT2D eigenvalue weighted by Gasteiger charge is -1.96. The first-order chi connectivity index (χ1) is 7.31. The van der Waals surface area contributed by atoms with E-state index in [1.807, 2.05) is 23.8 Å². The van der Waals surface area contributed by atoms with Gasteiger partial charge in [0.15, 0.2) is 5.78 Å². The lowest BCUT2D eigenvalue weighted by Crippen LogP contribution is -2.03. The molecule has 0 atom stereocenters. The molecule has 0 saturated heterocycles. The molecule has 0 radical (unpaired) electrons. The molecule has 0 aliphatic carbocycles. The number of hydrogen-bond donors (Lipinski definition) is 0. The molecule has 0 aromatic carbocycles. The summed E-state index contributed by atoms with van der Waals surface area (Å²) in [7, 11) is 0. The van der Waals surface area contributed by atoms with Gasteiger partial charge in [-0.05, 0) is 40.3 Å². The van der Waals surface area contributed by atoms with Crippen molar-refractivity contribution in [3.63, 3.8) is 0 Å². The molecule has 5 heteroatoms. The summed E-state index contributed by atoms with van der Waals surface area (Å²) in [4.78, 5) is 12.6. The van der Waals surface area contributed by atoms with Crippen LogP contribution in [0.15, 0.2) is 16.8 Å². The van der Waals surface area contributed by atoms with Gasteiger partial charge in [0.1, 0.15) is 4.88 Å². The molecule has 0 fully saturated rings. The second-order valence-corrected chi connectivity index (χ2v) is 4.67. The van der Waals surface area contributed by atoms with Crippen molar-refractivity contribution in [1.29, 1.82) is 0 Å². The Morgan fingerprint density at radius 2 is 2.40 bits per heavy atom. The quantitative estimate of drug-likeness (QED) is 0.769. The second-order valence-electron chi connectivity index (χ2n) is 3.13. The number of rotatable bonds is 4. The van der Waals surface area contributed by atoms with Crippen molar-refractivity contribution in [3.8, 4) is 0 Å². The molecule has 3 nitrogen and oxygen atoms in total. The highest BCUT2D eigenvalue weighted by molar-refractivity contribution is 7.08. The van der Waals surface area contributed by atoms with E-state index in [0.717, 1.165) is 17.7 Å². The van der Waals surface area contributed by atoms with Crippen LogP contribution in [-0.2, 0) is 12.8 Å². The summed E-state index contributed by atoms with van der Waals surface area (Å²) >= 11 is 2.81. The number of hydrogen-bond acceptors (Lipinski definition) is 5. The lowest BCUT2D eigenvalue weighted by atomic mass is 10.1. The summed E-state index contributed by atoms with van der Waals surface area (Å²) in [6, 6.07) is 1.97. The third kappa shape index (κ3) is 2.30. The van der Waals surface area contributed by atoms with E-state index >= 15 is 0 Å². The van der Waals surface area contributed by atoms with Crippen molar-refractivity contribution < 1.29 is 4.79 Å². The number of carbonyl (C=O) groups is 1. The first kappa shape index (κ1) is 10.4. The maximum atomic E-state index is 11.9. The Labute approximate surface area is 95.9 Å². The molecular formula is C10H10N2OS2. The van der Waals surface area contributed by atoms with Crippen molar-refractivity contribution >= 4 is 28.7 Å². The topological polar surface area (TPSA) is 42.9 Å². The van der Waals surface area contributed by atoms with E-state index in [0.29, 0.717) is 11.3 Å². The monoisotopic (exact) mass is 238 g/mol. The first-order valence-electron chi connectivity index (χ1n) is 4.66. The van der Waals surface area contributed by atoms with Crippen LogP contribution in [0.1, 0.15) is 27.9 Å².